The normalized spacial score (nSPS) is 14.2. The molecule has 0 atom stereocenters. The summed E-state index contributed by atoms with van der Waals surface area (Å²) in [5.41, 5.74) is 7.35. The maximum absolute atomic E-state index is 12.3. The van der Waals surface area contributed by atoms with E-state index in [0.717, 1.165) is 24.9 Å². The maximum Gasteiger partial charge on any atom is 0.407 e. The molecule has 9 heteroatoms. The predicted octanol–water partition coefficient (Wildman–Crippen LogP) is 3.61. The molecule has 0 unspecified atom stereocenters. The molecule has 1 aliphatic heterocycles. The topological polar surface area (TPSA) is 130 Å². The molecule has 2 aromatic rings. The predicted molar refractivity (Wildman–Crippen MR) is 115 cm³/mol. The Morgan fingerprint density at radius 1 is 1.23 bits per heavy atom. The lowest BCUT2D eigenvalue weighted by molar-refractivity contribution is -0.116. The van der Waals surface area contributed by atoms with Crippen molar-refractivity contribution in [1.82, 2.24) is 9.88 Å². The van der Waals surface area contributed by atoms with Gasteiger partial charge in [-0.05, 0) is 43.4 Å². The number of rotatable bonds is 7. The minimum atomic E-state index is -0.875. The molecule has 1 aromatic carbocycles. The molecule has 9 nitrogen and oxygen atoms in total. The lowest BCUT2D eigenvalue weighted by Gasteiger charge is -2.29. The number of anilines is 3. The van der Waals surface area contributed by atoms with Gasteiger partial charge in [-0.1, -0.05) is 0 Å². The van der Waals surface area contributed by atoms with Crippen molar-refractivity contribution < 1.29 is 19.4 Å². The van der Waals surface area contributed by atoms with Gasteiger partial charge in [0.05, 0.1) is 11.4 Å². The lowest BCUT2D eigenvalue weighted by Crippen LogP contribution is -2.37. The van der Waals surface area contributed by atoms with Gasteiger partial charge in [0.2, 0.25) is 5.91 Å². The van der Waals surface area contributed by atoms with E-state index in [1.165, 1.54) is 4.90 Å². The fourth-order valence-corrected chi connectivity index (χ4v) is 3.46. The molecule has 2 amide bonds. The smallest absolute Gasteiger partial charge is 0.407 e. The van der Waals surface area contributed by atoms with Gasteiger partial charge in [-0.3, -0.25) is 4.79 Å². The van der Waals surface area contributed by atoms with Crippen LogP contribution in [-0.2, 0) is 4.79 Å². The zero-order chi connectivity index (χ0) is 21.5. The van der Waals surface area contributed by atoms with Crippen LogP contribution < -0.4 is 21.1 Å². The number of ether oxygens (including phenoxy) is 1. The molecule has 0 aliphatic carbocycles. The molecule has 5 N–H and O–H groups in total. The summed E-state index contributed by atoms with van der Waals surface area (Å²) in [5, 5.41) is 14.8. The fraction of sp³-hybridized carbons (Fsp3) is 0.381. The van der Waals surface area contributed by atoms with E-state index in [9.17, 15) is 9.59 Å². The number of likely N-dealkylation sites (tertiary alicyclic amines) is 1. The Morgan fingerprint density at radius 3 is 2.63 bits per heavy atom. The quantitative estimate of drug-likeness (QED) is 0.510. The number of amides is 2. The average Bonchev–Trinajstić information content (AvgIpc) is 2.73. The average molecular weight is 413 g/mol. The van der Waals surface area contributed by atoms with E-state index in [2.05, 4.69) is 15.6 Å². The maximum atomic E-state index is 12.3. The van der Waals surface area contributed by atoms with E-state index in [0.29, 0.717) is 48.4 Å². The minimum absolute atomic E-state index is 0.122. The highest BCUT2D eigenvalue weighted by atomic mass is 16.5. The fourth-order valence-electron chi connectivity index (χ4n) is 3.46. The Morgan fingerprint density at radius 2 is 1.97 bits per heavy atom. The van der Waals surface area contributed by atoms with E-state index < -0.39 is 6.09 Å². The molecule has 0 bridgehead atoms. The van der Waals surface area contributed by atoms with Crippen LogP contribution in [0.3, 0.4) is 0 Å². The van der Waals surface area contributed by atoms with Gasteiger partial charge in [0.1, 0.15) is 17.3 Å². The SMILES string of the molecule is CNc1ccc(Oc2ccnc(NC(=O)CCC3CCN(C(=O)O)CC3)c2)cc1N. The van der Waals surface area contributed by atoms with Gasteiger partial charge in [-0.15, -0.1) is 0 Å². The van der Waals surface area contributed by atoms with Crippen molar-refractivity contribution in [3.8, 4) is 11.5 Å². The van der Waals surface area contributed by atoms with Gasteiger partial charge in [0.25, 0.3) is 0 Å². The third kappa shape index (κ3) is 5.76. The molecule has 0 radical (unpaired) electrons. The summed E-state index contributed by atoms with van der Waals surface area (Å²) < 4.78 is 5.81. The highest BCUT2D eigenvalue weighted by Gasteiger charge is 2.22. The number of aromatic nitrogens is 1. The van der Waals surface area contributed by atoms with Crippen LogP contribution in [0.5, 0.6) is 11.5 Å². The first-order chi connectivity index (χ1) is 14.4. The second kappa shape index (κ2) is 9.82. The van der Waals surface area contributed by atoms with Crippen LogP contribution in [-0.4, -0.2) is 47.1 Å². The number of hydrogen-bond donors (Lipinski definition) is 4. The standard InChI is InChI=1S/C21H27N5O4/c1-23-18-4-3-15(12-17(18)22)30-16-6-9-24-19(13-16)25-20(27)5-2-14-7-10-26(11-8-14)21(28)29/h3-4,6,9,12-14,23H,2,5,7-8,10-11,22H2,1H3,(H,28,29)(H,24,25,27). The number of nitrogens with two attached hydrogens (primary N) is 1. The van der Waals surface area contributed by atoms with Crippen LogP contribution in [0.25, 0.3) is 0 Å². The lowest BCUT2D eigenvalue weighted by atomic mass is 9.92. The van der Waals surface area contributed by atoms with E-state index in [1.807, 2.05) is 6.07 Å². The van der Waals surface area contributed by atoms with Crippen molar-refractivity contribution >= 4 is 29.2 Å². The molecule has 1 aromatic heterocycles. The summed E-state index contributed by atoms with van der Waals surface area (Å²) in [6.45, 7) is 1.06. The Labute approximate surface area is 175 Å². The molecular weight excluding hydrogens is 386 g/mol. The van der Waals surface area contributed by atoms with Gasteiger partial charge in [-0.2, -0.15) is 0 Å². The second-order valence-corrected chi connectivity index (χ2v) is 7.28. The van der Waals surface area contributed by atoms with Crippen LogP contribution in [0.15, 0.2) is 36.5 Å². The summed E-state index contributed by atoms with van der Waals surface area (Å²) in [5.74, 6) is 1.78. The van der Waals surface area contributed by atoms with Gasteiger partial charge in [0, 0.05) is 44.9 Å². The highest BCUT2D eigenvalue weighted by molar-refractivity contribution is 5.89. The molecule has 3 rings (SSSR count). The summed E-state index contributed by atoms with van der Waals surface area (Å²) >= 11 is 0. The summed E-state index contributed by atoms with van der Waals surface area (Å²) in [6, 6.07) is 8.71. The van der Waals surface area contributed by atoms with Crippen molar-refractivity contribution in [3.05, 3.63) is 36.5 Å². The van der Waals surface area contributed by atoms with E-state index in [-0.39, 0.29) is 5.91 Å². The Balaban J connectivity index is 1.49. The minimum Gasteiger partial charge on any atom is -0.465 e. The number of carboxylic acid groups (broad SMARTS) is 1. The molecule has 0 spiro atoms. The zero-order valence-electron chi connectivity index (χ0n) is 16.9. The molecule has 0 saturated carbocycles. The number of hydrogen-bond acceptors (Lipinski definition) is 6. The number of carbonyl (C=O) groups excluding carboxylic acids is 1. The van der Waals surface area contributed by atoms with Crippen molar-refractivity contribution in [3.63, 3.8) is 0 Å². The highest BCUT2D eigenvalue weighted by Crippen LogP contribution is 2.28. The number of pyridine rings is 1. The second-order valence-electron chi connectivity index (χ2n) is 7.28. The van der Waals surface area contributed by atoms with Gasteiger partial charge in [0.15, 0.2) is 0 Å². The van der Waals surface area contributed by atoms with Gasteiger partial charge < -0.3 is 31.1 Å². The Bertz CT molecular complexity index is 897. The molecule has 2 heterocycles. The molecule has 160 valence electrons. The Hall–Kier alpha value is -3.49. The molecule has 30 heavy (non-hydrogen) atoms. The molecule has 1 fully saturated rings. The summed E-state index contributed by atoms with van der Waals surface area (Å²) in [6.07, 6.45) is 3.37. The van der Waals surface area contributed by atoms with E-state index in [4.69, 9.17) is 15.6 Å². The van der Waals surface area contributed by atoms with Gasteiger partial charge >= 0.3 is 6.09 Å². The molecular formula is C21H27N5O4. The van der Waals surface area contributed by atoms with Crippen LogP contribution in [0.4, 0.5) is 22.0 Å². The van der Waals surface area contributed by atoms with Crippen molar-refractivity contribution in [1.29, 1.82) is 0 Å². The number of nitrogens with one attached hydrogen (secondary N) is 2. The van der Waals surface area contributed by atoms with Crippen LogP contribution in [0.1, 0.15) is 25.7 Å². The number of piperidine rings is 1. The van der Waals surface area contributed by atoms with Crippen LogP contribution in [0.2, 0.25) is 0 Å². The number of nitrogen functional groups attached to an aromatic ring is 1. The number of nitrogens with zero attached hydrogens (tertiary/aromatic N) is 2. The van der Waals surface area contributed by atoms with E-state index in [1.54, 1.807) is 37.5 Å². The molecule has 1 saturated heterocycles. The van der Waals surface area contributed by atoms with Crippen molar-refractivity contribution in [2.75, 3.05) is 36.5 Å². The van der Waals surface area contributed by atoms with Crippen LogP contribution >= 0.6 is 0 Å². The van der Waals surface area contributed by atoms with Crippen molar-refractivity contribution in [2.24, 2.45) is 5.92 Å². The third-order valence-corrected chi connectivity index (χ3v) is 5.19. The third-order valence-electron chi connectivity index (χ3n) is 5.19. The van der Waals surface area contributed by atoms with Gasteiger partial charge in [-0.25, -0.2) is 9.78 Å². The number of benzene rings is 1. The van der Waals surface area contributed by atoms with Crippen LogP contribution in [0, 0.1) is 5.92 Å². The van der Waals surface area contributed by atoms with E-state index >= 15 is 0 Å². The molecule has 1 aliphatic rings. The largest absolute Gasteiger partial charge is 0.465 e. The summed E-state index contributed by atoms with van der Waals surface area (Å²) in [4.78, 5) is 28.8. The van der Waals surface area contributed by atoms with Crippen molar-refractivity contribution in [2.45, 2.75) is 25.7 Å². The number of carbonyl (C=O) groups is 2. The first-order valence-corrected chi connectivity index (χ1v) is 9.93. The Kier molecular flexibility index (Phi) is 6.95. The first-order valence-electron chi connectivity index (χ1n) is 9.93. The zero-order valence-corrected chi connectivity index (χ0v) is 16.9. The first kappa shape index (κ1) is 21.2. The summed E-state index contributed by atoms with van der Waals surface area (Å²) in [7, 11) is 1.79. The monoisotopic (exact) mass is 413 g/mol.